The molecule has 1 aromatic heterocycles. The van der Waals surface area contributed by atoms with E-state index in [2.05, 4.69) is 6.58 Å². The van der Waals surface area contributed by atoms with Crippen LogP contribution in [0.3, 0.4) is 0 Å². The molecule has 1 aliphatic heterocycles. The third kappa shape index (κ3) is 4.32. The molecule has 0 saturated heterocycles. The van der Waals surface area contributed by atoms with Crippen LogP contribution in [-0.4, -0.2) is 12.4 Å². The van der Waals surface area contributed by atoms with Crippen LogP contribution in [0, 0.1) is 6.92 Å². The molecule has 2 aromatic rings. The highest BCUT2D eigenvalue weighted by molar-refractivity contribution is 7.99. The summed E-state index contributed by atoms with van der Waals surface area (Å²) in [5, 5.41) is 1.02. The van der Waals surface area contributed by atoms with Gasteiger partial charge < -0.3 is 9.15 Å². The van der Waals surface area contributed by atoms with Gasteiger partial charge in [-0.2, -0.15) is 0 Å². The molecule has 25 heavy (non-hydrogen) atoms. The molecule has 1 aromatic carbocycles. The molecule has 0 aliphatic carbocycles. The van der Waals surface area contributed by atoms with E-state index in [0.717, 1.165) is 21.8 Å². The van der Waals surface area contributed by atoms with Crippen molar-refractivity contribution in [2.45, 2.75) is 18.2 Å². The number of halogens is 2. The number of thioether (sulfide) groups is 1. The van der Waals surface area contributed by atoms with E-state index in [1.54, 1.807) is 36.9 Å². The largest absolute Gasteiger partial charge is 0.487 e. The highest BCUT2D eigenvalue weighted by Gasteiger charge is 2.16. The summed E-state index contributed by atoms with van der Waals surface area (Å²) < 4.78 is 10.9. The van der Waals surface area contributed by atoms with Crippen molar-refractivity contribution in [3.8, 4) is 5.75 Å². The van der Waals surface area contributed by atoms with E-state index in [0.29, 0.717) is 40.1 Å². The Balaban J connectivity index is 1.69. The quantitative estimate of drug-likeness (QED) is 0.689. The first-order valence-corrected chi connectivity index (χ1v) is 9.39. The molecule has 0 bridgehead atoms. The number of benzene rings is 1. The lowest BCUT2D eigenvalue weighted by Crippen LogP contribution is -2.08. The Hall–Kier alpha value is -1.62. The van der Waals surface area contributed by atoms with Crippen molar-refractivity contribution in [2.75, 3.05) is 12.4 Å². The topological polar surface area (TPSA) is 39.4 Å². The van der Waals surface area contributed by atoms with Crippen molar-refractivity contribution in [3.63, 3.8) is 0 Å². The first-order chi connectivity index (χ1) is 11.9. The Morgan fingerprint density at radius 3 is 2.92 bits per heavy atom. The molecule has 1 aliphatic rings. The Kier molecular flexibility index (Phi) is 5.62. The van der Waals surface area contributed by atoms with Gasteiger partial charge >= 0.3 is 5.63 Å². The standard InChI is InChI=1S/C19H16Cl2O3S/c1-11(9-23-17-6-4-14(20)8-16(17)21)13-3-5-15-18(25-10-13)7-12(2)24-19(15)22/h3-4,6-8H,1,5,9-10H2,2H3. The van der Waals surface area contributed by atoms with Gasteiger partial charge in [0.2, 0.25) is 0 Å². The minimum Gasteiger partial charge on any atom is -0.487 e. The van der Waals surface area contributed by atoms with Gasteiger partial charge in [-0.05, 0) is 48.8 Å². The van der Waals surface area contributed by atoms with Gasteiger partial charge in [-0.3, -0.25) is 0 Å². The molecule has 0 spiro atoms. The summed E-state index contributed by atoms with van der Waals surface area (Å²) in [5.41, 5.74) is 2.34. The van der Waals surface area contributed by atoms with Gasteiger partial charge in [0.1, 0.15) is 18.1 Å². The fourth-order valence-corrected chi connectivity index (χ4v) is 4.14. The van der Waals surface area contributed by atoms with Crippen molar-refractivity contribution in [3.05, 3.63) is 79.9 Å². The van der Waals surface area contributed by atoms with Crippen LogP contribution in [0.15, 0.2) is 62.2 Å². The maximum atomic E-state index is 12.0. The summed E-state index contributed by atoms with van der Waals surface area (Å²) in [4.78, 5) is 13.0. The molecule has 0 amide bonds. The predicted molar refractivity (Wildman–Crippen MR) is 103 cm³/mol. The van der Waals surface area contributed by atoms with Crippen molar-refractivity contribution in [1.29, 1.82) is 0 Å². The molecule has 3 rings (SSSR count). The van der Waals surface area contributed by atoms with E-state index in [4.69, 9.17) is 32.4 Å². The van der Waals surface area contributed by atoms with Crippen LogP contribution in [-0.2, 0) is 6.42 Å². The van der Waals surface area contributed by atoms with Crippen LogP contribution >= 0.6 is 35.0 Å². The van der Waals surface area contributed by atoms with Crippen LogP contribution in [0.5, 0.6) is 5.75 Å². The average Bonchev–Trinajstić information content (AvgIpc) is 2.76. The summed E-state index contributed by atoms with van der Waals surface area (Å²) in [7, 11) is 0. The third-order valence-corrected chi connectivity index (χ3v) is 5.48. The number of rotatable bonds is 4. The molecule has 0 saturated carbocycles. The highest BCUT2D eigenvalue weighted by Crippen LogP contribution is 2.31. The van der Waals surface area contributed by atoms with Crippen molar-refractivity contribution >= 4 is 35.0 Å². The van der Waals surface area contributed by atoms with Crippen molar-refractivity contribution < 1.29 is 9.15 Å². The molecule has 0 atom stereocenters. The zero-order valence-electron chi connectivity index (χ0n) is 13.6. The normalized spacial score (nSPS) is 13.6. The van der Waals surface area contributed by atoms with Crippen molar-refractivity contribution in [1.82, 2.24) is 0 Å². The number of ether oxygens (including phenoxy) is 1. The maximum Gasteiger partial charge on any atom is 0.340 e. The zero-order valence-corrected chi connectivity index (χ0v) is 15.9. The Morgan fingerprint density at radius 1 is 1.36 bits per heavy atom. The Morgan fingerprint density at radius 2 is 2.16 bits per heavy atom. The molecule has 0 N–H and O–H groups in total. The number of hydrogen-bond donors (Lipinski definition) is 0. The lowest BCUT2D eigenvalue weighted by atomic mass is 10.1. The molecule has 0 fully saturated rings. The van der Waals surface area contributed by atoms with Crippen LogP contribution in [0.4, 0.5) is 0 Å². The summed E-state index contributed by atoms with van der Waals surface area (Å²) in [6.07, 6.45) is 2.54. The van der Waals surface area contributed by atoms with E-state index in [1.165, 1.54) is 0 Å². The smallest absolute Gasteiger partial charge is 0.340 e. The second kappa shape index (κ2) is 7.73. The summed E-state index contributed by atoms with van der Waals surface area (Å²) >= 11 is 13.6. The van der Waals surface area contributed by atoms with Crippen LogP contribution in [0.25, 0.3) is 0 Å². The predicted octanol–water partition coefficient (Wildman–Crippen LogP) is 5.46. The Labute approximate surface area is 160 Å². The monoisotopic (exact) mass is 394 g/mol. The van der Waals surface area contributed by atoms with Gasteiger partial charge in [0.25, 0.3) is 0 Å². The highest BCUT2D eigenvalue weighted by atomic mass is 35.5. The fourth-order valence-electron chi connectivity index (χ4n) is 2.46. The molecule has 3 nitrogen and oxygen atoms in total. The van der Waals surface area contributed by atoms with Crippen molar-refractivity contribution in [2.24, 2.45) is 0 Å². The summed E-state index contributed by atoms with van der Waals surface area (Å²) in [6, 6.07) is 7.01. The molecule has 0 radical (unpaired) electrons. The van der Waals surface area contributed by atoms with Gasteiger partial charge in [-0.1, -0.05) is 35.9 Å². The van der Waals surface area contributed by atoms with Gasteiger partial charge in [-0.15, -0.1) is 11.8 Å². The molecule has 6 heteroatoms. The lowest BCUT2D eigenvalue weighted by molar-refractivity contribution is 0.355. The van der Waals surface area contributed by atoms with Crippen LogP contribution in [0.2, 0.25) is 10.0 Å². The number of allylic oxidation sites excluding steroid dienone is 1. The van der Waals surface area contributed by atoms with Crippen LogP contribution in [0.1, 0.15) is 11.3 Å². The van der Waals surface area contributed by atoms with E-state index < -0.39 is 0 Å². The number of fused-ring (bicyclic) bond motifs is 1. The lowest BCUT2D eigenvalue weighted by Gasteiger charge is -2.12. The minimum absolute atomic E-state index is 0.269. The maximum absolute atomic E-state index is 12.0. The molecule has 2 heterocycles. The van der Waals surface area contributed by atoms with E-state index in [9.17, 15) is 4.79 Å². The van der Waals surface area contributed by atoms with Gasteiger partial charge in [0.15, 0.2) is 0 Å². The summed E-state index contributed by atoms with van der Waals surface area (Å²) in [6.45, 7) is 6.21. The van der Waals surface area contributed by atoms with E-state index in [1.807, 2.05) is 12.1 Å². The fraction of sp³-hybridized carbons (Fsp3) is 0.211. The van der Waals surface area contributed by atoms with Gasteiger partial charge in [0, 0.05) is 15.7 Å². The molecular formula is C19H16Cl2O3S. The second-order valence-corrected chi connectivity index (χ2v) is 7.54. The number of hydrogen-bond acceptors (Lipinski definition) is 4. The van der Waals surface area contributed by atoms with Gasteiger partial charge in [0.05, 0.1) is 10.6 Å². The SMILES string of the molecule is C=C(COc1ccc(Cl)cc1Cl)C1=CCc2c(cc(C)oc2=O)SC1. The third-order valence-electron chi connectivity index (χ3n) is 3.82. The first-order valence-electron chi connectivity index (χ1n) is 7.65. The first kappa shape index (κ1) is 18.2. The summed E-state index contributed by atoms with van der Waals surface area (Å²) in [5.74, 6) is 1.92. The van der Waals surface area contributed by atoms with Gasteiger partial charge in [-0.25, -0.2) is 4.79 Å². The molecule has 0 unspecified atom stereocenters. The van der Waals surface area contributed by atoms with E-state index in [-0.39, 0.29) is 5.63 Å². The second-order valence-electron chi connectivity index (χ2n) is 5.68. The zero-order chi connectivity index (χ0) is 18.0. The Bertz CT molecular complexity index is 915. The minimum atomic E-state index is -0.269. The van der Waals surface area contributed by atoms with E-state index >= 15 is 0 Å². The number of aryl methyl sites for hydroxylation is 1. The molecular weight excluding hydrogens is 379 g/mol. The molecule has 130 valence electrons. The van der Waals surface area contributed by atoms with Crippen LogP contribution < -0.4 is 10.4 Å². The average molecular weight is 395 g/mol.